The van der Waals surface area contributed by atoms with Crippen molar-refractivity contribution in [3.05, 3.63) is 70.3 Å². The fourth-order valence-electron chi connectivity index (χ4n) is 6.91. The number of amides is 1. The lowest BCUT2D eigenvalue weighted by atomic mass is 9.68. The van der Waals surface area contributed by atoms with Gasteiger partial charge < -0.3 is 14.7 Å². The molecule has 1 amide bonds. The van der Waals surface area contributed by atoms with E-state index in [1.54, 1.807) is 0 Å². The third-order valence-corrected chi connectivity index (χ3v) is 10.6. The summed E-state index contributed by atoms with van der Waals surface area (Å²) in [5.41, 5.74) is 4.13. The van der Waals surface area contributed by atoms with E-state index >= 15 is 0 Å². The summed E-state index contributed by atoms with van der Waals surface area (Å²) in [6.45, 7) is 6.54. The van der Waals surface area contributed by atoms with Crippen molar-refractivity contribution in [3.63, 3.8) is 0 Å². The van der Waals surface area contributed by atoms with E-state index in [2.05, 4.69) is 41.7 Å². The topological polar surface area (TPSA) is 61.8 Å². The van der Waals surface area contributed by atoms with Crippen LogP contribution in [0.2, 0.25) is 5.02 Å². The third kappa shape index (κ3) is 5.45. The van der Waals surface area contributed by atoms with Crippen LogP contribution in [0, 0.1) is 11.8 Å². The zero-order valence-corrected chi connectivity index (χ0v) is 24.5. The first-order valence-corrected chi connectivity index (χ1v) is 15.6. The number of aryl methyl sites for hydroxylation is 1. The number of benzene rings is 2. The minimum atomic E-state index is -0.423. The van der Waals surface area contributed by atoms with Gasteiger partial charge in [-0.1, -0.05) is 29.8 Å². The normalized spacial score (nSPS) is 31.1. The maximum Gasteiger partial charge on any atom is 0.261 e. The fourth-order valence-corrected chi connectivity index (χ4v) is 7.81. The van der Waals surface area contributed by atoms with Gasteiger partial charge in [-0.15, -0.1) is 0 Å². The zero-order chi connectivity index (χ0) is 27.2. The van der Waals surface area contributed by atoms with Crippen molar-refractivity contribution in [2.24, 2.45) is 11.8 Å². The van der Waals surface area contributed by atoms with Crippen LogP contribution in [-0.4, -0.2) is 41.6 Å². The van der Waals surface area contributed by atoms with Gasteiger partial charge in [0.2, 0.25) is 0 Å². The van der Waals surface area contributed by atoms with Crippen molar-refractivity contribution in [2.45, 2.75) is 75.1 Å². The number of rotatable bonds is 0. The van der Waals surface area contributed by atoms with E-state index in [-0.39, 0.29) is 22.0 Å². The van der Waals surface area contributed by atoms with E-state index in [9.17, 15) is 9.90 Å². The Hall–Kier alpha value is -2.15. The van der Waals surface area contributed by atoms with Gasteiger partial charge in [-0.05, 0) is 124 Å². The summed E-state index contributed by atoms with van der Waals surface area (Å²) in [5, 5.41) is 11.9. The average molecular weight is 567 g/mol. The molecule has 0 aromatic heterocycles. The van der Waals surface area contributed by atoms with Gasteiger partial charge in [-0.3, -0.25) is 9.52 Å². The Bertz CT molecular complexity index is 1280. The number of hydrogen-bond donors (Lipinski definition) is 2. The molecule has 1 saturated carbocycles. The number of nitrogens with one attached hydrogen (secondary N) is 1. The lowest BCUT2D eigenvalue weighted by Crippen LogP contribution is -2.49. The molecule has 4 aliphatic rings. The van der Waals surface area contributed by atoms with Crippen LogP contribution in [-0.2, 0) is 11.8 Å². The van der Waals surface area contributed by atoms with E-state index in [1.807, 2.05) is 30.3 Å². The Kier molecular flexibility index (Phi) is 7.41. The average Bonchev–Trinajstić information content (AvgIpc) is 3.04. The van der Waals surface area contributed by atoms with Crippen LogP contribution in [0.4, 0.5) is 5.69 Å². The molecule has 5 nitrogen and oxygen atoms in total. The molecule has 2 heterocycles. The molecular formula is C32H39ClN2O3S. The van der Waals surface area contributed by atoms with Crippen molar-refractivity contribution in [3.8, 4) is 5.75 Å². The number of aliphatic hydroxyl groups excluding tert-OH is 1. The summed E-state index contributed by atoms with van der Waals surface area (Å²) in [5.74, 6) is 1.39. The van der Waals surface area contributed by atoms with Crippen molar-refractivity contribution in [1.29, 1.82) is 0 Å². The van der Waals surface area contributed by atoms with Gasteiger partial charge in [0.25, 0.3) is 5.91 Å². The maximum absolute atomic E-state index is 13.3. The van der Waals surface area contributed by atoms with Crippen LogP contribution in [0.15, 0.2) is 48.6 Å². The second-order valence-corrected chi connectivity index (χ2v) is 14.5. The molecule has 1 spiro atoms. The summed E-state index contributed by atoms with van der Waals surface area (Å²) < 4.78 is 9.56. The molecule has 7 heteroatoms. The highest BCUT2D eigenvalue weighted by Crippen LogP contribution is 2.46. The van der Waals surface area contributed by atoms with Crippen molar-refractivity contribution in [1.82, 2.24) is 4.72 Å². The first-order chi connectivity index (χ1) is 18.7. The van der Waals surface area contributed by atoms with E-state index in [0.29, 0.717) is 18.1 Å². The molecule has 0 saturated heterocycles. The Morgan fingerprint density at radius 1 is 1.15 bits per heavy atom. The SMILES string of the molecule is CC1(C)CC/C=C/[C@H](O)[C@@H]2CC[C@H]2CN2C[C@@]3(CCCc4cc(Cl)ccc43)COc3ccc(cc32)C(=O)NS1. The predicted molar refractivity (Wildman–Crippen MR) is 160 cm³/mol. The highest BCUT2D eigenvalue weighted by Gasteiger charge is 2.44. The van der Waals surface area contributed by atoms with Gasteiger partial charge in [0, 0.05) is 33.8 Å². The molecule has 6 rings (SSSR count). The van der Waals surface area contributed by atoms with E-state index in [0.717, 1.165) is 74.5 Å². The number of fused-ring (bicyclic) bond motifs is 4. The van der Waals surface area contributed by atoms with Gasteiger partial charge in [0.15, 0.2) is 0 Å². The molecule has 2 aliphatic heterocycles. The van der Waals surface area contributed by atoms with Crippen LogP contribution >= 0.6 is 23.5 Å². The first-order valence-electron chi connectivity index (χ1n) is 14.4. The Morgan fingerprint density at radius 3 is 2.85 bits per heavy atom. The minimum Gasteiger partial charge on any atom is -0.490 e. The second-order valence-electron chi connectivity index (χ2n) is 12.5. The minimum absolute atomic E-state index is 0.0768. The quantitative estimate of drug-likeness (QED) is 0.274. The number of ether oxygens (including phenoxy) is 1. The summed E-state index contributed by atoms with van der Waals surface area (Å²) in [6.07, 6.45) is 10.8. The summed E-state index contributed by atoms with van der Waals surface area (Å²) in [7, 11) is 0. The van der Waals surface area contributed by atoms with Crippen LogP contribution in [0.1, 0.15) is 73.9 Å². The zero-order valence-electron chi connectivity index (χ0n) is 22.9. The predicted octanol–water partition coefficient (Wildman–Crippen LogP) is 6.71. The monoisotopic (exact) mass is 566 g/mol. The number of nitrogens with zero attached hydrogens (tertiary/aromatic N) is 1. The maximum atomic E-state index is 13.3. The molecule has 2 bridgehead atoms. The fraction of sp³-hybridized carbons (Fsp3) is 0.531. The van der Waals surface area contributed by atoms with Gasteiger partial charge in [-0.25, -0.2) is 0 Å². The van der Waals surface area contributed by atoms with Gasteiger partial charge in [-0.2, -0.15) is 0 Å². The molecule has 0 unspecified atom stereocenters. The number of aliphatic hydroxyl groups is 1. The lowest BCUT2D eigenvalue weighted by Gasteiger charge is -2.45. The molecule has 2 aromatic carbocycles. The largest absolute Gasteiger partial charge is 0.490 e. The molecule has 2 aliphatic carbocycles. The number of carbonyl (C=O) groups is 1. The number of hydrogen-bond acceptors (Lipinski definition) is 5. The standard InChI is InChI=1S/C32H39ClN2O3S/c1-31(2)14-4-3-7-28(36)25-11-8-23(25)18-35-19-32(15-5-6-21-16-24(33)10-12-26(21)32)20-38-29-13-9-22(17-27(29)35)30(37)34-39-31/h3,7,9-10,12-13,16-17,23,25,28,36H,4-6,8,11,14-15,18-20H2,1-2H3,(H,34,37)/b7-3+/t23-,25+,28-,32-/m0/s1. The number of carbonyl (C=O) groups excluding carboxylic acids is 1. The van der Waals surface area contributed by atoms with Crippen LogP contribution in [0.25, 0.3) is 0 Å². The second kappa shape index (κ2) is 10.7. The van der Waals surface area contributed by atoms with E-state index in [4.69, 9.17) is 16.3 Å². The summed E-state index contributed by atoms with van der Waals surface area (Å²) in [4.78, 5) is 15.7. The third-order valence-electron chi connectivity index (χ3n) is 9.34. The molecule has 39 heavy (non-hydrogen) atoms. The van der Waals surface area contributed by atoms with Crippen LogP contribution < -0.4 is 14.4 Å². The van der Waals surface area contributed by atoms with Crippen molar-refractivity contribution in [2.75, 3.05) is 24.6 Å². The molecule has 0 radical (unpaired) electrons. The highest BCUT2D eigenvalue weighted by atomic mass is 35.5. The summed E-state index contributed by atoms with van der Waals surface area (Å²) in [6, 6.07) is 12.2. The molecule has 4 atom stereocenters. The molecule has 2 aromatic rings. The lowest BCUT2D eigenvalue weighted by molar-refractivity contribution is 0.0456. The number of halogens is 1. The highest BCUT2D eigenvalue weighted by molar-refractivity contribution is 7.99. The number of allylic oxidation sites excluding steroid dienone is 1. The van der Waals surface area contributed by atoms with Crippen molar-refractivity contribution >= 4 is 35.1 Å². The Balaban J connectivity index is 1.40. The summed E-state index contributed by atoms with van der Waals surface area (Å²) >= 11 is 7.87. The molecular weight excluding hydrogens is 528 g/mol. The first kappa shape index (κ1) is 27.0. The Morgan fingerprint density at radius 2 is 2.03 bits per heavy atom. The van der Waals surface area contributed by atoms with Crippen LogP contribution in [0.5, 0.6) is 5.75 Å². The molecule has 1 fully saturated rings. The molecule has 2 N–H and O–H groups in total. The van der Waals surface area contributed by atoms with E-state index in [1.165, 1.54) is 23.1 Å². The smallest absolute Gasteiger partial charge is 0.261 e. The van der Waals surface area contributed by atoms with Gasteiger partial charge in [0.1, 0.15) is 5.75 Å². The van der Waals surface area contributed by atoms with Crippen LogP contribution in [0.3, 0.4) is 0 Å². The van der Waals surface area contributed by atoms with E-state index < -0.39 is 6.10 Å². The van der Waals surface area contributed by atoms with Crippen molar-refractivity contribution < 1.29 is 14.6 Å². The van der Waals surface area contributed by atoms with Gasteiger partial charge >= 0.3 is 0 Å². The van der Waals surface area contributed by atoms with Gasteiger partial charge in [0.05, 0.1) is 18.4 Å². The number of anilines is 1. The Labute approximate surface area is 241 Å². The molecule has 208 valence electrons.